The lowest BCUT2D eigenvalue weighted by atomic mass is 9.89. The van der Waals surface area contributed by atoms with Crippen LogP contribution in [0.2, 0.25) is 0 Å². The number of ether oxygens (including phenoxy) is 1. The van der Waals surface area contributed by atoms with Crippen LogP contribution in [-0.2, 0) is 9.53 Å². The van der Waals surface area contributed by atoms with Crippen LogP contribution in [-0.4, -0.2) is 55.7 Å². The van der Waals surface area contributed by atoms with E-state index in [9.17, 15) is 19.6 Å². The van der Waals surface area contributed by atoms with E-state index in [1.54, 1.807) is 17.5 Å². The minimum absolute atomic E-state index is 0.185. The summed E-state index contributed by atoms with van der Waals surface area (Å²) >= 11 is 1.48. The molecule has 3 amide bonds. The van der Waals surface area contributed by atoms with Gasteiger partial charge in [-0.2, -0.15) is 5.26 Å². The molecule has 3 heterocycles. The number of carbonyl (C=O) groups is 3. The number of halogens is 1. The first-order valence-corrected chi connectivity index (χ1v) is 13.4. The van der Waals surface area contributed by atoms with Crippen LogP contribution in [0.4, 0.5) is 20.6 Å². The van der Waals surface area contributed by atoms with Crippen molar-refractivity contribution in [2.45, 2.75) is 31.4 Å². The number of piperidine rings is 1. The van der Waals surface area contributed by atoms with Gasteiger partial charge in [0.25, 0.3) is 5.91 Å². The first-order chi connectivity index (χ1) is 18.8. The lowest BCUT2D eigenvalue weighted by Crippen LogP contribution is -2.58. The number of rotatable bonds is 7. The van der Waals surface area contributed by atoms with Crippen molar-refractivity contribution in [2.75, 3.05) is 36.0 Å². The van der Waals surface area contributed by atoms with E-state index in [1.165, 1.54) is 29.2 Å². The third kappa shape index (κ3) is 5.50. The highest BCUT2D eigenvalue weighted by molar-refractivity contribution is 7.17. The SMILES string of the molecule is CC(=O)NCC1CN(c2ccc(N3CCC(C#N)(NNC(=O)c4csc5ccccc45)CC3)c(F)c2)C(=O)O1. The molecule has 1 aromatic heterocycles. The number of thiophene rings is 1. The quantitative estimate of drug-likeness (QED) is 0.385. The number of carbonyl (C=O) groups excluding carboxylic acids is 3. The standard InChI is InChI=1S/C27H27FN6O4S/c1-17(35)30-13-19-14-34(26(37)38-19)18-6-7-23(22(28)12-18)33-10-8-27(16-29,9-11-33)32-31-25(36)21-15-39-24-5-3-2-4-20(21)24/h2-7,12,15,19,32H,8-11,13-14H2,1H3,(H,30,35)(H,31,36). The van der Waals surface area contributed by atoms with E-state index >= 15 is 4.39 Å². The van der Waals surface area contributed by atoms with Gasteiger partial charge in [0.1, 0.15) is 17.5 Å². The molecule has 0 bridgehead atoms. The van der Waals surface area contributed by atoms with Gasteiger partial charge in [-0.3, -0.25) is 19.9 Å². The van der Waals surface area contributed by atoms with Crippen molar-refractivity contribution in [1.82, 2.24) is 16.2 Å². The third-order valence-electron chi connectivity index (χ3n) is 7.01. The van der Waals surface area contributed by atoms with Crippen molar-refractivity contribution in [2.24, 2.45) is 0 Å². The minimum atomic E-state index is -0.989. The molecule has 1 unspecified atom stereocenters. The van der Waals surface area contributed by atoms with Crippen LogP contribution in [0.15, 0.2) is 47.8 Å². The molecule has 1 atom stereocenters. The van der Waals surface area contributed by atoms with Crippen LogP contribution in [0.1, 0.15) is 30.1 Å². The van der Waals surface area contributed by atoms with E-state index < -0.39 is 23.6 Å². The summed E-state index contributed by atoms with van der Waals surface area (Å²) in [7, 11) is 0. The average Bonchev–Trinajstić information content (AvgIpc) is 3.54. The largest absolute Gasteiger partial charge is 0.442 e. The molecule has 2 aliphatic heterocycles. The Morgan fingerprint density at radius 1 is 1.23 bits per heavy atom. The summed E-state index contributed by atoms with van der Waals surface area (Å²) in [5, 5.41) is 15.2. The minimum Gasteiger partial charge on any atom is -0.442 e. The van der Waals surface area contributed by atoms with Gasteiger partial charge in [0.2, 0.25) is 5.91 Å². The number of anilines is 2. The fourth-order valence-corrected chi connectivity index (χ4v) is 5.75. The molecule has 3 N–H and O–H groups in total. The number of hydrogen-bond donors (Lipinski definition) is 3. The van der Waals surface area contributed by atoms with E-state index in [4.69, 9.17) is 4.74 Å². The van der Waals surface area contributed by atoms with E-state index in [0.29, 0.717) is 42.9 Å². The maximum atomic E-state index is 15.2. The Morgan fingerprint density at radius 3 is 2.72 bits per heavy atom. The first kappa shape index (κ1) is 26.4. The molecule has 10 nitrogen and oxygen atoms in total. The lowest BCUT2D eigenvalue weighted by Gasteiger charge is -2.39. The summed E-state index contributed by atoms with van der Waals surface area (Å²) in [6.07, 6.45) is -0.397. The van der Waals surface area contributed by atoms with Gasteiger partial charge < -0.3 is 15.0 Å². The second-order valence-corrected chi connectivity index (χ2v) is 10.5. The van der Waals surface area contributed by atoms with E-state index in [2.05, 4.69) is 22.2 Å². The van der Waals surface area contributed by atoms with Gasteiger partial charge in [-0.1, -0.05) is 18.2 Å². The van der Waals surface area contributed by atoms with Crippen LogP contribution in [0.5, 0.6) is 0 Å². The maximum Gasteiger partial charge on any atom is 0.414 e. The van der Waals surface area contributed by atoms with Gasteiger partial charge in [0.05, 0.1) is 36.1 Å². The highest BCUT2D eigenvalue weighted by Gasteiger charge is 2.37. The van der Waals surface area contributed by atoms with Gasteiger partial charge in [-0.15, -0.1) is 11.3 Å². The summed E-state index contributed by atoms with van der Waals surface area (Å²) in [5.41, 5.74) is 5.91. The van der Waals surface area contributed by atoms with Crippen molar-refractivity contribution in [3.05, 3.63) is 59.2 Å². The fraction of sp³-hybridized carbons (Fsp3) is 0.333. The predicted octanol–water partition coefficient (Wildman–Crippen LogP) is 3.30. The Balaban J connectivity index is 1.19. The summed E-state index contributed by atoms with van der Waals surface area (Å²) in [6.45, 7) is 2.54. The van der Waals surface area contributed by atoms with Gasteiger partial charge in [0.15, 0.2) is 0 Å². The number of benzene rings is 2. The molecule has 2 aromatic carbocycles. The van der Waals surface area contributed by atoms with Crippen LogP contribution in [0, 0.1) is 17.1 Å². The topological polar surface area (TPSA) is 127 Å². The molecule has 12 heteroatoms. The lowest BCUT2D eigenvalue weighted by molar-refractivity contribution is -0.119. The Kier molecular flexibility index (Phi) is 7.36. The Labute approximate surface area is 228 Å². The van der Waals surface area contributed by atoms with Gasteiger partial charge in [-0.05, 0) is 37.1 Å². The van der Waals surface area contributed by atoms with Gasteiger partial charge in [0, 0.05) is 35.5 Å². The van der Waals surface area contributed by atoms with Crippen LogP contribution in [0.3, 0.4) is 0 Å². The zero-order chi connectivity index (χ0) is 27.6. The van der Waals surface area contributed by atoms with Gasteiger partial charge >= 0.3 is 6.09 Å². The normalized spacial score (nSPS) is 18.5. The summed E-state index contributed by atoms with van der Waals surface area (Å²) in [6, 6.07) is 14.5. The molecule has 2 fully saturated rings. The molecule has 0 spiro atoms. The number of amides is 3. The molecule has 0 saturated carbocycles. The van der Waals surface area contributed by atoms with Crippen LogP contribution in [0.25, 0.3) is 10.1 Å². The monoisotopic (exact) mass is 550 g/mol. The molecule has 2 saturated heterocycles. The van der Waals surface area contributed by atoms with Crippen molar-refractivity contribution in [1.29, 1.82) is 5.26 Å². The Bertz CT molecular complexity index is 1460. The zero-order valence-electron chi connectivity index (χ0n) is 21.2. The number of cyclic esters (lactones) is 1. The van der Waals surface area contributed by atoms with Crippen LogP contribution >= 0.6 is 11.3 Å². The molecule has 202 valence electrons. The van der Waals surface area contributed by atoms with E-state index in [1.807, 2.05) is 29.2 Å². The number of nitrogens with zero attached hydrogens (tertiary/aromatic N) is 3. The first-order valence-electron chi connectivity index (χ1n) is 12.5. The number of nitrogens with one attached hydrogen (secondary N) is 3. The molecular weight excluding hydrogens is 523 g/mol. The smallest absolute Gasteiger partial charge is 0.414 e. The predicted molar refractivity (Wildman–Crippen MR) is 145 cm³/mol. The van der Waals surface area contributed by atoms with E-state index in [-0.39, 0.29) is 24.9 Å². The maximum absolute atomic E-state index is 15.2. The summed E-state index contributed by atoms with van der Waals surface area (Å²) in [4.78, 5) is 39.4. The zero-order valence-corrected chi connectivity index (χ0v) is 22.0. The molecule has 39 heavy (non-hydrogen) atoms. The Morgan fingerprint density at radius 2 is 2.00 bits per heavy atom. The van der Waals surface area contributed by atoms with Crippen molar-refractivity contribution < 1.29 is 23.5 Å². The van der Waals surface area contributed by atoms with Crippen LogP contribution < -0.4 is 26.0 Å². The number of hydrazine groups is 1. The molecule has 2 aliphatic rings. The van der Waals surface area contributed by atoms with Crippen molar-refractivity contribution in [3.63, 3.8) is 0 Å². The highest BCUT2D eigenvalue weighted by Crippen LogP contribution is 2.32. The molecule has 0 aliphatic carbocycles. The summed E-state index contributed by atoms with van der Waals surface area (Å²) in [5.74, 6) is -1.04. The third-order valence-corrected chi connectivity index (χ3v) is 7.97. The molecule has 3 aromatic rings. The number of nitriles is 1. The second-order valence-electron chi connectivity index (χ2n) is 9.59. The van der Waals surface area contributed by atoms with Gasteiger partial charge in [-0.25, -0.2) is 14.6 Å². The van der Waals surface area contributed by atoms with Crippen molar-refractivity contribution in [3.8, 4) is 6.07 Å². The second kappa shape index (κ2) is 10.9. The van der Waals surface area contributed by atoms with E-state index in [0.717, 1.165) is 10.1 Å². The van der Waals surface area contributed by atoms with Crippen molar-refractivity contribution >= 4 is 50.7 Å². The average molecular weight is 551 g/mol. The number of fused-ring (bicyclic) bond motifs is 1. The highest BCUT2D eigenvalue weighted by atomic mass is 32.1. The molecular formula is C27H27FN6O4S. The fourth-order valence-electron chi connectivity index (χ4n) is 4.81. The summed E-state index contributed by atoms with van der Waals surface area (Å²) < 4.78 is 21.4. The Hall–Kier alpha value is -4.21. The molecule has 5 rings (SSSR count). The molecule has 0 radical (unpaired) electrons. The number of hydrogen-bond acceptors (Lipinski definition) is 8.